The van der Waals surface area contributed by atoms with Crippen LogP contribution in [0.3, 0.4) is 0 Å². The van der Waals surface area contributed by atoms with Crippen LogP contribution in [-0.4, -0.2) is 23.2 Å². The Morgan fingerprint density at radius 3 is 2.94 bits per heavy atom. The third-order valence-electron chi connectivity index (χ3n) is 2.88. The molecule has 0 saturated carbocycles. The van der Waals surface area contributed by atoms with E-state index in [0.29, 0.717) is 11.9 Å². The fraction of sp³-hybridized carbons (Fsp3) is 0.500. The summed E-state index contributed by atoms with van der Waals surface area (Å²) in [6.07, 6.45) is 0.788. The van der Waals surface area contributed by atoms with E-state index in [2.05, 4.69) is 46.1 Å². The van der Waals surface area contributed by atoms with Crippen LogP contribution in [0.2, 0.25) is 0 Å². The Bertz CT molecular complexity index is 452. The van der Waals surface area contributed by atoms with Crippen molar-refractivity contribution in [3.8, 4) is 0 Å². The summed E-state index contributed by atoms with van der Waals surface area (Å²) in [5, 5.41) is 11.3. The summed E-state index contributed by atoms with van der Waals surface area (Å²) in [6.45, 7) is 4.18. The maximum absolute atomic E-state index is 5.31. The van der Waals surface area contributed by atoms with Crippen LogP contribution in [0, 0.1) is 0 Å². The van der Waals surface area contributed by atoms with Gasteiger partial charge in [-0.15, -0.1) is 0 Å². The van der Waals surface area contributed by atoms with Crippen LogP contribution in [0.5, 0.6) is 0 Å². The number of likely N-dealkylation sites (N-methyl/N-ethyl adjacent to an activating group) is 1. The Kier molecular flexibility index (Phi) is 3.91. The van der Waals surface area contributed by atoms with Gasteiger partial charge in [-0.1, -0.05) is 5.16 Å². The number of hydrogen-bond acceptors (Lipinski definition) is 5. The lowest BCUT2D eigenvalue weighted by Crippen LogP contribution is -2.24. The van der Waals surface area contributed by atoms with Crippen molar-refractivity contribution < 1.29 is 4.52 Å². The first-order valence-corrected chi connectivity index (χ1v) is 6.66. The van der Waals surface area contributed by atoms with E-state index < -0.39 is 0 Å². The van der Waals surface area contributed by atoms with Crippen molar-refractivity contribution in [3.63, 3.8) is 0 Å². The second-order valence-electron chi connectivity index (χ2n) is 4.22. The molecule has 1 N–H and O–H groups in total. The van der Waals surface area contributed by atoms with Gasteiger partial charge in [0.2, 0.25) is 5.89 Å². The summed E-state index contributed by atoms with van der Waals surface area (Å²) in [4.78, 5) is 4.44. The van der Waals surface area contributed by atoms with Gasteiger partial charge in [-0.3, -0.25) is 0 Å². The lowest BCUT2D eigenvalue weighted by atomic mass is 10.1. The molecule has 0 aliphatic rings. The van der Waals surface area contributed by atoms with Gasteiger partial charge >= 0.3 is 0 Å². The average molecular weight is 251 g/mol. The van der Waals surface area contributed by atoms with E-state index in [1.165, 1.54) is 5.56 Å². The molecule has 0 bridgehead atoms. The molecule has 17 heavy (non-hydrogen) atoms. The minimum atomic E-state index is 0.174. The van der Waals surface area contributed by atoms with E-state index in [-0.39, 0.29) is 5.92 Å². The Morgan fingerprint density at radius 1 is 1.47 bits per heavy atom. The van der Waals surface area contributed by atoms with Gasteiger partial charge in [0.15, 0.2) is 5.82 Å². The van der Waals surface area contributed by atoms with Crippen molar-refractivity contribution in [1.82, 2.24) is 15.5 Å². The Morgan fingerprint density at radius 2 is 2.29 bits per heavy atom. The molecular formula is C12H17N3OS. The smallest absolute Gasteiger partial charge is 0.233 e. The summed E-state index contributed by atoms with van der Waals surface area (Å²) in [6, 6.07) is 2.45. The molecule has 0 saturated heterocycles. The molecule has 4 nitrogen and oxygen atoms in total. The van der Waals surface area contributed by atoms with E-state index in [0.717, 1.165) is 12.2 Å². The second kappa shape index (κ2) is 5.42. The highest BCUT2D eigenvalue weighted by atomic mass is 32.1. The fourth-order valence-electron chi connectivity index (χ4n) is 1.57. The minimum absolute atomic E-state index is 0.174. The van der Waals surface area contributed by atoms with E-state index in [1.807, 2.05) is 7.05 Å². The first-order chi connectivity index (χ1) is 8.20. The van der Waals surface area contributed by atoms with Crippen molar-refractivity contribution in [2.24, 2.45) is 0 Å². The van der Waals surface area contributed by atoms with Crippen molar-refractivity contribution >= 4 is 11.3 Å². The van der Waals surface area contributed by atoms with Crippen LogP contribution in [0.4, 0.5) is 0 Å². The van der Waals surface area contributed by atoms with Crippen LogP contribution in [-0.2, 0) is 6.42 Å². The molecule has 0 amide bonds. The molecule has 0 spiro atoms. The van der Waals surface area contributed by atoms with Crippen molar-refractivity contribution in [2.75, 3.05) is 7.05 Å². The molecule has 0 aliphatic carbocycles. The Hall–Kier alpha value is -1.20. The average Bonchev–Trinajstić information content (AvgIpc) is 2.98. The highest BCUT2D eigenvalue weighted by Gasteiger charge is 2.17. The molecule has 2 rings (SSSR count). The Labute approximate surface area is 105 Å². The number of hydrogen-bond donors (Lipinski definition) is 1. The number of aromatic nitrogens is 2. The molecule has 5 heteroatoms. The highest BCUT2D eigenvalue weighted by Crippen LogP contribution is 2.24. The summed E-state index contributed by atoms with van der Waals surface area (Å²) < 4.78 is 5.31. The number of thiophene rings is 1. The maximum atomic E-state index is 5.31. The third kappa shape index (κ3) is 2.92. The summed E-state index contributed by atoms with van der Waals surface area (Å²) >= 11 is 1.68. The second-order valence-corrected chi connectivity index (χ2v) is 5.00. The molecule has 2 aromatic rings. The zero-order chi connectivity index (χ0) is 12.3. The van der Waals surface area contributed by atoms with Gasteiger partial charge in [-0.2, -0.15) is 16.3 Å². The third-order valence-corrected chi connectivity index (χ3v) is 3.58. The number of rotatable bonds is 5. The topological polar surface area (TPSA) is 51.0 Å². The van der Waals surface area contributed by atoms with Gasteiger partial charge in [0.25, 0.3) is 0 Å². The first kappa shape index (κ1) is 12.3. The maximum Gasteiger partial charge on any atom is 0.233 e. The van der Waals surface area contributed by atoms with Gasteiger partial charge in [-0.05, 0) is 43.3 Å². The number of nitrogens with one attached hydrogen (secondary N) is 1. The van der Waals surface area contributed by atoms with Gasteiger partial charge < -0.3 is 9.84 Å². The van der Waals surface area contributed by atoms with E-state index in [4.69, 9.17) is 4.52 Å². The van der Waals surface area contributed by atoms with E-state index >= 15 is 0 Å². The normalized spacial score (nSPS) is 14.8. The van der Waals surface area contributed by atoms with Crippen LogP contribution >= 0.6 is 11.3 Å². The largest absolute Gasteiger partial charge is 0.339 e. The SMILES string of the molecule is CNC(C)Cc1noc(C(C)c2ccsc2)n1. The highest BCUT2D eigenvalue weighted by molar-refractivity contribution is 7.07. The summed E-state index contributed by atoms with van der Waals surface area (Å²) in [5.41, 5.74) is 1.23. The van der Waals surface area contributed by atoms with Gasteiger partial charge in [0, 0.05) is 12.5 Å². The summed E-state index contributed by atoms with van der Waals surface area (Å²) in [5.74, 6) is 1.64. The van der Waals surface area contributed by atoms with Crippen LogP contribution < -0.4 is 5.32 Å². The zero-order valence-electron chi connectivity index (χ0n) is 10.3. The van der Waals surface area contributed by atoms with Gasteiger partial charge in [-0.25, -0.2) is 0 Å². The lowest BCUT2D eigenvalue weighted by molar-refractivity contribution is 0.364. The monoisotopic (exact) mass is 251 g/mol. The molecule has 0 fully saturated rings. The predicted octanol–water partition coefficient (Wildman–Crippen LogP) is 2.43. The standard InChI is InChI=1S/C12H17N3OS/c1-8(13-3)6-11-14-12(16-15-11)9(2)10-4-5-17-7-10/h4-5,7-9,13H,6H2,1-3H3. The zero-order valence-corrected chi connectivity index (χ0v) is 11.1. The molecule has 2 unspecified atom stereocenters. The minimum Gasteiger partial charge on any atom is -0.339 e. The molecule has 92 valence electrons. The van der Waals surface area contributed by atoms with Gasteiger partial charge in [0.05, 0.1) is 5.92 Å². The van der Waals surface area contributed by atoms with Crippen molar-refractivity contribution in [1.29, 1.82) is 0 Å². The summed E-state index contributed by atoms with van der Waals surface area (Å²) in [7, 11) is 1.93. The van der Waals surface area contributed by atoms with Crippen molar-refractivity contribution in [3.05, 3.63) is 34.1 Å². The lowest BCUT2D eigenvalue weighted by Gasteiger charge is -2.05. The van der Waals surface area contributed by atoms with Gasteiger partial charge in [0.1, 0.15) is 0 Å². The first-order valence-electron chi connectivity index (χ1n) is 5.72. The van der Waals surface area contributed by atoms with E-state index in [1.54, 1.807) is 11.3 Å². The predicted molar refractivity (Wildman–Crippen MR) is 68.4 cm³/mol. The van der Waals surface area contributed by atoms with Crippen LogP contribution in [0.1, 0.15) is 37.0 Å². The molecule has 2 heterocycles. The van der Waals surface area contributed by atoms with Crippen LogP contribution in [0.25, 0.3) is 0 Å². The van der Waals surface area contributed by atoms with Crippen LogP contribution in [0.15, 0.2) is 21.3 Å². The molecule has 0 aliphatic heterocycles. The molecular weight excluding hydrogens is 234 g/mol. The molecule has 2 atom stereocenters. The molecule has 0 aromatic carbocycles. The van der Waals surface area contributed by atoms with E-state index in [9.17, 15) is 0 Å². The van der Waals surface area contributed by atoms with Crippen molar-refractivity contribution in [2.45, 2.75) is 32.2 Å². The quantitative estimate of drug-likeness (QED) is 0.886. The number of nitrogens with zero attached hydrogens (tertiary/aromatic N) is 2. The fourth-order valence-corrected chi connectivity index (χ4v) is 2.32. The molecule has 2 aromatic heterocycles. The Balaban J connectivity index is 2.08. The molecule has 0 radical (unpaired) electrons.